The topological polar surface area (TPSA) is 40.2 Å². The van der Waals surface area contributed by atoms with Crippen molar-refractivity contribution in [3.8, 4) is 0 Å². The second-order valence-electron chi connectivity index (χ2n) is 23.3. The fourth-order valence-electron chi connectivity index (χ4n) is 13.2. The predicted octanol–water partition coefficient (Wildman–Crippen LogP) is 16.9. The molecule has 5 nitrogen and oxygen atoms in total. The highest BCUT2D eigenvalue weighted by Gasteiger charge is 2.52. The van der Waals surface area contributed by atoms with E-state index < -0.39 is 0 Å². The Kier molecular flexibility index (Phi) is 29.5. The average Bonchev–Trinajstić information content (AvgIpc) is 3.29. The molecule has 5 heteroatoms. The maximum atomic E-state index is 6.55. The van der Waals surface area contributed by atoms with Gasteiger partial charge in [0, 0.05) is 39.6 Å². The molecule has 0 N–H and O–H groups in total. The van der Waals surface area contributed by atoms with Crippen LogP contribution in [0.5, 0.6) is 0 Å². The molecule has 0 radical (unpaired) electrons. The van der Waals surface area contributed by atoms with E-state index >= 15 is 0 Å². The molecule has 0 aromatic rings. The predicted molar refractivity (Wildman–Crippen MR) is 280 cm³/mol. The summed E-state index contributed by atoms with van der Waals surface area (Å²) < 4.78 is 25.3. The second-order valence-corrected chi connectivity index (χ2v) is 23.3. The van der Waals surface area contributed by atoms with Gasteiger partial charge in [-0.2, -0.15) is 0 Å². The van der Waals surface area contributed by atoms with Gasteiger partial charge in [-0.25, -0.2) is 0 Å². The van der Waals surface area contributed by atoms with Crippen LogP contribution >= 0.6 is 0 Å². The Bertz CT molecular complexity index is 1230. The Balaban J connectivity index is 1.03. The third-order valence-electron chi connectivity index (χ3n) is 17.2. The van der Waals surface area contributed by atoms with Crippen molar-refractivity contribution in [2.24, 2.45) is 40.4 Å². The zero-order chi connectivity index (χ0) is 46.4. The lowest BCUT2D eigenvalue weighted by molar-refractivity contribution is -0.0495. The minimum absolute atomic E-state index is 0.160. The molecule has 0 aromatic carbocycles. The van der Waals surface area contributed by atoms with E-state index in [9.17, 15) is 0 Å². The molecule has 3 aliphatic carbocycles. The summed E-state index contributed by atoms with van der Waals surface area (Å²) >= 11 is 0. The molecule has 0 spiro atoms. The Labute approximate surface area is 405 Å². The summed E-state index contributed by atoms with van der Waals surface area (Å²) in [5, 5.41) is 0. The maximum Gasteiger partial charge on any atom is 0.0934 e. The fraction of sp³-hybridized carbons (Fsp3) is 0.933. The molecule has 380 valence electrons. The first-order chi connectivity index (χ1) is 31.7. The first-order valence-electron chi connectivity index (χ1n) is 29.1. The Morgan fingerprint density at radius 2 is 1.35 bits per heavy atom. The number of piperidine rings is 1. The summed E-state index contributed by atoms with van der Waals surface area (Å²) in [5.41, 5.74) is 2.64. The molecule has 1 aliphatic heterocycles. The highest BCUT2D eigenvalue weighted by molar-refractivity contribution is 5.24. The largest absolute Gasteiger partial charge is 0.381 e. The summed E-state index contributed by atoms with van der Waals surface area (Å²) in [4.78, 5) is 2.59. The summed E-state index contributed by atoms with van der Waals surface area (Å²) in [7, 11) is 0. The summed E-state index contributed by atoms with van der Waals surface area (Å²) in [5.74, 6) is 4.31. The third kappa shape index (κ3) is 21.9. The number of hydrogen-bond acceptors (Lipinski definition) is 5. The molecular formula is C60H111NO4. The van der Waals surface area contributed by atoms with Crippen molar-refractivity contribution in [3.05, 3.63) is 23.8 Å². The molecule has 65 heavy (non-hydrogen) atoms. The number of nitrogens with zero attached hydrogens (tertiary/aromatic N) is 1. The number of rotatable bonds is 38. The van der Waals surface area contributed by atoms with Gasteiger partial charge in [0.05, 0.1) is 18.8 Å². The van der Waals surface area contributed by atoms with E-state index in [4.69, 9.17) is 18.9 Å². The average molecular weight is 911 g/mol. The molecule has 0 bridgehead atoms. The SMILES string of the molecule is CCCCCCCC/C=C\CCCCCCCCOCC(CN1CCCCC1)OCCCOCCCO[C@H]1CC[C@@]2(C)C(=CC[C@H]3C[C@@](C)([C@H](CCC)[C@H](C)CCCC(C)C)CC[C@@H]32)C1. The quantitative estimate of drug-likeness (QED) is 0.0456. The molecule has 3 fully saturated rings. The fourth-order valence-corrected chi connectivity index (χ4v) is 13.2. The van der Waals surface area contributed by atoms with Gasteiger partial charge >= 0.3 is 0 Å². The first-order valence-corrected chi connectivity index (χ1v) is 29.1. The lowest BCUT2D eigenvalue weighted by Gasteiger charge is -2.57. The number of hydrogen-bond donors (Lipinski definition) is 0. The molecular weight excluding hydrogens is 799 g/mol. The molecule has 1 unspecified atom stereocenters. The lowest BCUT2D eigenvalue weighted by Crippen LogP contribution is -2.48. The van der Waals surface area contributed by atoms with Gasteiger partial charge in [0.1, 0.15) is 0 Å². The second kappa shape index (κ2) is 33.7. The van der Waals surface area contributed by atoms with Crippen molar-refractivity contribution in [1.82, 2.24) is 4.90 Å². The number of ether oxygens (including phenoxy) is 4. The van der Waals surface area contributed by atoms with Crippen molar-refractivity contribution in [2.75, 3.05) is 59.3 Å². The van der Waals surface area contributed by atoms with E-state index in [0.717, 1.165) is 95.0 Å². The smallest absolute Gasteiger partial charge is 0.0934 e. The van der Waals surface area contributed by atoms with Gasteiger partial charge in [0.25, 0.3) is 0 Å². The van der Waals surface area contributed by atoms with E-state index in [-0.39, 0.29) is 6.10 Å². The summed E-state index contributed by atoms with van der Waals surface area (Å²) in [6.45, 7) is 25.6. The van der Waals surface area contributed by atoms with Crippen LogP contribution in [-0.2, 0) is 18.9 Å². The number of likely N-dealkylation sites (tertiary alicyclic amines) is 1. The van der Waals surface area contributed by atoms with Crippen LogP contribution < -0.4 is 0 Å². The molecule has 2 saturated carbocycles. The standard InChI is InChI=1S/C60H111NO4/c1-8-10-11-12-13-14-15-16-17-18-19-20-21-22-23-27-42-63-50-56(49-61-40-25-24-26-41-61)65-46-30-44-62-43-29-45-64-55-36-39-60(7)54(47-55)35-34-53-48-59(6,38-37-58(53)60)57(31-9-2)52(5)33-28-32-51(3)4/h16-17,35,51-53,55-58H,8-15,18-34,36-50H2,1-7H3/b17-16-/t52-,53+,55+,56?,57-,58+,59+,60+/m1/s1. The molecule has 4 aliphatic rings. The molecule has 0 aromatic heterocycles. The first kappa shape index (κ1) is 56.9. The summed E-state index contributed by atoms with van der Waals surface area (Å²) in [6, 6.07) is 0. The van der Waals surface area contributed by atoms with Gasteiger partial charge < -0.3 is 23.8 Å². The van der Waals surface area contributed by atoms with Gasteiger partial charge in [-0.15, -0.1) is 0 Å². The van der Waals surface area contributed by atoms with E-state index in [1.807, 2.05) is 0 Å². The Morgan fingerprint density at radius 1 is 0.677 bits per heavy atom. The van der Waals surface area contributed by atoms with Crippen molar-refractivity contribution >= 4 is 0 Å². The van der Waals surface area contributed by atoms with Crippen molar-refractivity contribution in [2.45, 2.75) is 260 Å². The number of unbranched alkanes of at least 4 members (excludes halogenated alkanes) is 12. The van der Waals surface area contributed by atoms with Crippen LogP contribution in [0.1, 0.15) is 248 Å². The molecule has 1 heterocycles. The Hall–Kier alpha value is -0.720. The van der Waals surface area contributed by atoms with E-state index in [1.165, 1.54) is 193 Å². The lowest BCUT2D eigenvalue weighted by atomic mass is 9.48. The Morgan fingerprint density at radius 3 is 2.06 bits per heavy atom. The highest BCUT2D eigenvalue weighted by Crippen LogP contribution is 2.61. The molecule has 4 rings (SSSR count). The minimum Gasteiger partial charge on any atom is -0.381 e. The van der Waals surface area contributed by atoms with Crippen LogP contribution in [0.25, 0.3) is 0 Å². The van der Waals surface area contributed by atoms with Crippen molar-refractivity contribution in [1.29, 1.82) is 0 Å². The van der Waals surface area contributed by atoms with Gasteiger partial charge in [-0.3, -0.25) is 0 Å². The summed E-state index contributed by atoms with van der Waals surface area (Å²) in [6.07, 6.45) is 49.1. The van der Waals surface area contributed by atoms with Gasteiger partial charge in [0.15, 0.2) is 0 Å². The highest BCUT2D eigenvalue weighted by atomic mass is 16.5. The minimum atomic E-state index is 0.160. The normalized spacial score (nSPS) is 26.6. The van der Waals surface area contributed by atoms with Crippen molar-refractivity contribution in [3.63, 3.8) is 0 Å². The van der Waals surface area contributed by atoms with Gasteiger partial charge in [-0.1, -0.05) is 162 Å². The van der Waals surface area contributed by atoms with Gasteiger partial charge in [0.2, 0.25) is 0 Å². The zero-order valence-corrected chi connectivity index (χ0v) is 44.6. The van der Waals surface area contributed by atoms with Crippen molar-refractivity contribution < 1.29 is 18.9 Å². The van der Waals surface area contributed by atoms with Crippen LogP contribution in [0.4, 0.5) is 0 Å². The zero-order valence-electron chi connectivity index (χ0n) is 44.6. The van der Waals surface area contributed by atoms with Crippen LogP contribution in [0, 0.1) is 40.4 Å². The molecule has 0 amide bonds. The van der Waals surface area contributed by atoms with Gasteiger partial charge in [-0.05, 0) is 163 Å². The number of fused-ring (bicyclic) bond motifs is 3. The van der Waals surface area contributed by atoms with Crippen LogP contribution in [0.3, 0.4) is 0 Å². The van der Waals surface area contributed by atoms with Crippen LogP contribution in [0.15, 0.2) is 23.8 Å². The van der Waals surface area contributed by atoms with E-state index in [2.05, 4.69) is 71.6 Å². The molecule has 1 saturated heterocycles. The van der Waals surface area contributed by atoms with Crippen LogP contribution in [-0.4, -0.2) is 76.4 Å². The van der Waals surface area contributed by atoms with E-state index in [0.29, 0.717) is 16.9 Å². The monoisotopic (exact) mass is 910 g/mol. The molecule has 8 atom stereocenters. The maximum absolute atomic E-state index is 6.55. The van der Waals surface area contributed by atoms with Crippen LogP contribution in [0.2, 0.25) is 0 Å². The van der Waals surface area contributed by atoms with E-state index in [1.54, 1.807) is 5.57 Å². The third-order valence-corrected chi connectivity index (χ3v) is 17.2. The number of allylic oxidation sites excluding steroid dienone is 3.